The Balaban J connectivity index is 1.66. The van der Waals surface area contributed by atoms with Gasteiger partial charge in [0.05, 0.1) is 0 Å². The number of likely N-dealkylation sites (tertiary alicyclic amines) is 1. The first-order chi connectivity index (χ1) is 11.8. The predicted molar refractivity (Wildman–Crippen MR) is 96.0 cm³/mol. The third-order valence-corrected chi connectivity index (χ3v) is 4.51. The van der Waals surface area contributed by atoms with Crippen molar-refractivity contribution in [3.05, 3.63) is 54.6 Å². The van der Waals surface area contributed by atoms with Crippen LogP contribution in [0.1, 0.15) is 12.8 Å². The lowest BCUT2D eigenvalue weighted by Gasteiger charge is -2.32. The minimum absolute atomic E-state index is 0.0535. The Bertz CT molecular complexity index is 672. The van der Waals surface area contributed by atoms with E-state index in [9.17, 15) is 4.79 Å². The van der Waals surface area contributed by atoms with E-state index in [1.54, 1.807) is 0 Å². The molecule has 0 aliphatic carbocycles. The fourth-order valence-electron chi connectivity index (χ4n) is 3.12. The summed E-state index contributed by atoms with van der Waals surface area (Å²) >= 11 is 0. The monoisotopic (exact) mass is 324 g/mol. The number of carbonyl (C=O) groups excluding carboxylic acids is 1. The summed E-state index contributed by atoms with van der Waals surface area (Å²) in [6, 6.07) is 18.3. The minimum atomic E-state index is 0.0535. The molecule has 1 aliphatic heterocycles. The summed E-state index contributed by atoms with van der Waals surface area (Å²) in [5.41, 5.74) is 2.10. The van der Waals surface area contributed by atoms with Gasteiger partial charge in [-0.15, -0.1) is 0 Å². The SMILES string of the molecule is CNC1CCCN(C(=O)COc2ccccc2-c2ccccc2)C1. The summed E-state index contributed by atoms with van der Waals surface area (Å²) in [5.74, 6) is 0.803. The Kier molecular flexibility index (Phi) is 5.49. The molecule has 1 unspecified atom stereocenters. The van der Waals surface area contributed by atoms with Crippen LogP contribution in [0.25, 0.3) is 11.1 Å². The molecule has 1 saturated heterocycles. The molecule has 4 heteroatoms. The third kappa shape index (κ3) is 3.95. The fraction of sp³-hybridized carbons (Fsp3) is 0.350. The van der Waals surface area contributed by atoms with E-state index >= 15 is 0 Å². The first kappa shape index (κ1) is 16.5. The van der Waals surface area contributed by atoms with E-state index in [0.717, 1.165) is 42.8 Å². The van der Waals surface area contributed by atoms with Gasteiger partial charge in [0, 0.05) is 24.7 Å². The van der Waals surface area contributed by atoms with E-state index in [1.807, 2.05) is 66.5 Å². The Morgan fingerprint density at radius 2 is 1.92 bits per heavy atom. The second-order valence-electron chi connectivity index (χ2n) is 6.12. The molecule has 1 fully saturated rings. The molecular weight excluding hydrogens is 300 g/mol. The van der Waals surface area contributed by atoms with Crippen LogP contribution in [0.4, 0.5) is 0 Å². The van der Waals surface area contributed by atoms with Gasteiger partial charge in [-0.25, -0.2) is 0 Å². The maximum atomic E-state index is 12.5. The molecule has 1 heterocycles. The van der Waals surface area contributed by atoms with E-state index in [1.165, 1.54) is 0 Å². The number of hydrogen-bond acceptors (Lipinski definition) is 3. The molecule has 3 rings (SSSR count). The van der Waals surface area contributed by atoms with Gasteiger partial charge in [0.2, 0.25) is 0 Å². The maximum Gasteiger partial charge on any atom is 0.260 e. The normalized spacial score (nSPS) is 17.5. The van der Waals surface area contributed by atoms with Crippen molar-refractivity contribution in [1.82, 2.24) is 10.2 Å². The Labute approximate surface area is 143 Å². The quantitative estimate of drug-likeness (QED) is 0.919. The Hall–Kier alpha value is -2.33. The maximum absolute atomic E-state index is 12.5. The zero-order valence-corrected chi connectivity index (χ0v) is 14.1. The number of para-hydroxylation sites is 1. The van der Waals surface area contributed by atoms with Crippen LogP contribution in [0, 0.1) is 0 Å². The van der Waals surface area contributed by atoms with Crippen LogP contribution in [0.15, 0.2) is 54.6 Å². The number of likely N-dealkylation sites (N-methyl/N-ethyl adjacent to an activating group) is 1. The highest BCUT2D eigenvalue weighted by molar-refractivity contribution is 5.78. The lowest BCUT2D eigenvalue weighted by atomic mass is 10.0. The molecule has 1 N–H and O–H groups in total. The molecule has 4 nitrogen and oxygen atoms in total. The smallest absolute Gasteiger partial charge is 0.260 e. The first-order valence-corrected chi connectivity index (χ1v) is 8.50. The van der Waals surface area contributed by atoms with Crippen molar-refractivity contribution < 1.29 is 9.53 Å². The largest absolute Gasteiger partial charge is 0.483 e. The number of carbonyl (C=O) groups is 1. The zero-order chi connectivity index (χ0) is 16.8. The highest BCUT2D eigenvalue weighted by Gasteiger charge is 2.22. The molecule has 2 aromatic rings. The van der Waals surface area contributed by atoms with Crippen LogP contribution in [0.5, 0.6) is 5.75 Å². The summed E-state index contributed by atoms with van der Waals surface area (Å²) in [7, 11) is 1.95. The van der Waals surface area contributed by atoms with Crippen molar-refractivity contribution in [2.24, 2.45) is 0 Å². The van der Waals surface area contributed by atoms with E-state index in [-0.39, 0.29) is 12.5 Å². The van der Waals surface area contributed by atoms with Gasteiger partial charge in [-0.3, -0.25) is 4.79 Å². The fourth-order valence-corrected chi connectivity index (χ4v) is 3.12. The molecule has 2 aromatic carbocycles. The second kappa shape index (κ2) is 7.97. The van der Waals surface area contributed by atoms with E-state index in [0.29, 0.717) is 6.04 Å². The van der Waals surface area contributed by atoms with Gasteiger partial charge in [0.15, 0.2) is 6.61 Å². The molecule has 1 aliphatic rings. The average molecular weight is 324 g/mol. The molecule has 1 atom stereocenters. The standard InChI is InChI=1S/C20H24N2O2/c1-21-17-10-7-13-22(14-17)20(23)15-24-19-12-6-5-11-18(19)16-8-3-2-4-9-16/h2-6,8-9,11-12,17,21H,7,10,13-15H2,1H3. The number of benzene rings is 2. The lowest BCUT2D eigenvalue weighted by Crippen LogP contribution is -2.48. The number of piperidine rings is 1. The highest BCUT2D eigenvalue weighted by atomic mass is 16.5. The summed E-state index contributed by atoms with van der Waals surface area (Å²) < 4.78 is 5.86. The Morgan fingerprint density at radius 3 is 2.71 bits per heavy atom. The molecule has 0 radical (unpaired) electrons. The van der Waals surface area contributed by atoms with E-state index in [4.69, 9.17) is 4.74 Å². The van der Waals surface area contributed by atoms with Crippen molar-refractivity contribution in [2.75, 3.05) is 26.7 Å². The summed E-state index contributed by atoms with van der Waals surface area (Å²) in [4.78, 5) is 14.4. The van der Waals surface area contributed by atoms with Gasteiger partial charge < -0.3 is 15.0 Å². The predicted octanol–water partition coefficient (Wildman–Crippen LogP) is 2.94. The van der Waals surface area contributed by atoms with Crippen LogP contribution in [-0.4, -0.2) is 43.6 Å². The van der Waals surface area contributed by atoms with Gasteiger partial charge in [-0.1, -0.05) is 48.5 Å². The summed E-state index contributed by atoms with van der Waals surface area (Å²) in [6.07, 6.45) is 2.16. The van der Waals surface area contributed by atoms with Gasteiger partial charge in [-0.2, -0.15) is 0 Å². The van der Waals surface area contributed by atoms with E-state index < -0.39 is 0 Å². The summed E-state index contributed by atoms with van der Waals surface area (Å²) in [5, 5.41) is 3.26. The van der Waals surface area contributed by atoms with Crippen molar-refractivity contribution in [3.63, 3.8) is 0 Å². The second-order valence-corrected chi connectivity index (χ2v) is 6.12. The molecule has 0 spiro atoms. The van der Waals surface area contributed by atoms with Crippen LogP contribution < -0.4 is 10.1 Å². The molecule has 0 aromatic heterocycles. The summed E-state index contributed by atoms with van der Waals surface area (Å²) in [6.45, 7) is 1.67. The molecule has 24 heavy (non-hydrogen) atoms. The van der Waals surface area contributed by atoms with Crippen molar-refractivity contribution in [1.29, 1.82) is 0 Å². The molecular formula is C20H24N2O2. The third-order valence-electron chi connectivity index (χ3n) is 4.51. The average Bonchev–Trinajstić information content (AvgIpc) is 2.67. The van der Waals surface area contributed by atoms with Crippen LogP contribution in [-0.2, 0) is 4.79 Å². The van der Waals surface area contributed by atoms with Crippen LogP contribution in [0.3, 0.4) is 0 Å². The number of amides is 1. The van der Waals surface area contributed by atoms with Crippen molar-refractivity contribution >= 4 is 5.91 Å². The highest BCUT2D eigenvalue weighted by Crippen LogP contribution is 2.29. The topological polar surface area (TPSA) is 41.6 Å². The zero-order valence-electron chi connectivity index (χ0n) is 14.1. The molecule has 0 saturated carbocycles. The number of rotatable bonds is 5. The van der Waals surface area contributed by atoms with Crippen molar-refractivity contribution in [3.8, 4) is 16.9 Å². The van der Waals surface area contributed by atoms with E-state index in [2.05, 4.69) is 5.32 Å². The number of nitrogens with one attached hydrogen (secondary N) is 1. The van der Waals surface area contributed by atoms with Gasteiger partial charge in [0.25, 0.3) is 5.91 Å². The first-order valence-electron chi connectivity index (χ1n) is 8.50. The number of ether oxygens (including phenoxy) is 1. The molecule has 0 bridgehead atoms. The van der Waals surface area contributed by atoms with Gasteiger partial charge in [-0.05, 0) is 31.5 Å². The van der Waals surface area contributed by atoms with Crippen LogP contribution >= 0.6 is 0 Å². The van der Waals surface area contributed by atoms with Gasteiger partial charge in [0.1, 0.15) is 5.75 Å². The number of hydrogen-bond donors (Lipinski definition) is 1. The number of nitrogens with zero attached hydrogens (tertiary/aromatic N) is 1. The molecule has 1 amide bonds. The van der Waals surface area contributed by atoms with Crippen LogP contribution in [0.2, 0.25) is 0 Å². The van der Waals surface area contributed by atoms with Crippen molar-refractivity contribution in [2.45, 2.75) is 18.9 Å². The Morgan fingerprint density at radius 1 is 1.17 bits per heavy atom. The van der Waals surface area contributed by atoms with Gasteiger partial charge >= 0.3 is 0 Å². The molecule has 126 valence electrons. The lowest BCUT2D eigenvalue weighted by molar-refractivity contribution is -0.134. The minimum Gasteiger partial charge on any atom is -0.483 e.